The number of fused-ring (bicyclic) bond motifs is 1. The van der Waals surface area contributed by atoms with Crippen LogP contribution in [0, 0.1) is 6.92 Å². The van der Waals surface area contributed by atoms with Crippen LogP contribution >= 0.6 is 0 Å². The van der Waals surface area contributed by atoms with Crippen molar-refractivity contribution < 1.29 is 0 Å². The number of nitrogens with zero attached hydrogens (tertiary/aromatic N) is 3. The minimum absolute atomic E-state index is 0.181. The molecule has 0 spiro atoms. The first-order valence-corrected chi connectivity index (χ1v) is 5.46. The third-order valence-electron chi connectivity index (χ3n) is 2.87. The molecule has 1 aromatic heterocycles. The van der Waals surface area contributed by atoms with Crippen molar-refractivity contribution in [2.45, 2.75) is 13.1 Å². The molecule has 1 aliphatic heterocycles. The molecule has 0 unspecified atom stereocenters. The van der Waals surface area contributed by atoms with E-state index < -0.39 is 0 Å². The molecular weight excluding hydrogens is 212 g/mol. The number of benzene rings is 1. The zero-order chi connectivity index (χ0) is 11.8. The molecule has 17 heavy (non-hydrogen) atoms. The molecule has 0 bridgehead atoms. The highest BCUT2D eigenvalue weighted by atomic mass is 15.0. The van der Waals surface area contributed by atoms with E-state index in [1.165, 1.54) is 0 Å². The fourth-order valence-electron chi connectivity index (χ4n) is 1.87. The number of hydrogen-bond acceptors (Lipinski definition) is 4. The Morgan fingerprint density at radius 3 is 2.65 bits per heavy atom. The highest BCUT2D eigenvalue weighted by molar-refractivity contribution is 5.45. The minimum atomic E-state index is -0.181. The summed E-state index contributed by atoms with van der Waals surface area (Å²) in [6.07, 6.45) is 3.35. The van der Waals surface area contributed by atoms with Crippen molar-refractivity contribution in [2.75, 3.05) is 5.73 Å². The van der Waals surface area contributed by atoms with Crippen LogP contribution in [-0.4, -0.2) is 4.98 Å². The van der Waals surface area contributed by atoms with Crippen LogP contribution < -0.4 is 16.4 Å². The highest BCUT2D eigenvalue weighted by Crippen LogP contribution is 2.18. The molecular formula is C13H12N4. The summed E-state index contributed by atoms with van der Waals surface area (Å²) in [6, 6.07) is 7.73. The van der Waals surface area contributed by atoms with Gasteiger partial charge in [-0.1, -0.05) is 6.07 Å². The van der Waals surface area contributed by atoms with Gasteiger partial charge in [0.15, 0.2) is 6.17 Å². The summed E-state index contributed by atoms with van der Waals surface area (Å²) in [4.78, 5) is 13.2. The number of aryl methyl sites for hydroxylation is 1. The van der Waals surface area contributed by atoms with Gasteiger partial charge in [0.25, 0.3) is 0 Å². The summed E-state index contributed by atoms with van der Waals surface area (Å²) < 4.78 is 0. The second-order valence-electron chi connectivity index (χ2n) is 4.12. The maximum absolute atomic E-state index is 5.86. The quantitative estimate of drug-likeness (QED) is 0.732. The van der Waals surface area contributed by atoms with Crippen molar-refractivity contribution in [3.05, 3.63) is 58.5 Å². The Kier molecular flexibility index (Phi) is 2.14. The lowest BCUT2D eigenvalue weighted by Crippen LogP contribution is -2.22. The maximum Gasteiger partial charge on any atom is 0.168 e. The number of anilines is 1. The number of nitrogens with two attached hydrogens (primary N) is 1. The van der Waals surface area contributed by atoms with Gasteiger partial charge in [-0.3, -0.25) is 15.0 Å². The molecule has 0 saturated heterocycles. The third-order valence-corrected chi connectivity index (χ3v) is 2.87. The van der Waals surface area contributed by atoms with Gasteiger partial charge < -0.3 is 5.73 Å². The lowest BCUT2D eigenvalue weighted by molar-refractivity contribution is 0.766. The monoisotopic (exact) mass is 224 g/mol. The van der Waals surface area contributed by atoms with E-state index in [2.05, 4.69) is 15.0 Å². The van der Waals surface area contributed by atoms with Gasteiger partial charge in [-0.15, -0.1) is 0 Å². The maximum atomic E-state index is 5.86. The van der Waals surface area contributed by atoms with Crippen molar-refractivity contribution in [1.82, 2.24) is 4.98 Å². The smallest absolute Gasteiger partial charge is 0.168 e. The van der Waals surface area contributed by atoms with E-state index in [0.29, 0.717) is 0 Å². The SMILES string of the molecule is Cc1cc2c(cc1N)=N[C@H](c1cccnc1)N=2. The van der Waals surface area contributed by atoms with E-state index in [9.17, 15) is 0 Å². The van der Waals surface area contributed by atoms with E-state index >= 15 is 0 Å². The van der Waals surface area contributed by atoms with Gasteiger partial charge in [-0.25, -0.2) is 0 Å². The van der Waals surface area contributed by atoms with Gasteiger partial charge in [0.2, 0.25) is 0 Å². The van der Waals surface area contributed by atoms with Crippen LogP contribution in [0.15, 0.2) is 46.6 Å². The number of hydrogen-bond donors (Lipinski definition) is 1. The largest absolute Gasteiger partial charge is 0.398 e. The number of pyridine rings is 1. The Hall–Kier alpha value is -2.23. The average molecular weight is 224 g/mol. The van der Waals surface area contributed by atoms with Crippen molar-refractivity contribution in [1.29, 1.82) is 0 Å². The van der Waals surface area contributed by atoms with E-state index in [1.54, 1.807) is 12.4 Å². The van der Waals surface area contributed by atoms with Gasteiger partial charge in [-0.2, -0.15) is 0 Å². The summed E-state index contributed by atoms with van der Waals surface area (Å²) in [5.74, 6) is 0. The average Bonchev–Trinajstić information content (AvgIpc) is 2.74. The Labute approximate surface area is 98.6 Å². The molecule has 1 aromatic carbocycles. The van der Waals surface area contributed by atoms with Crippen LogP contribution in [0.25, 0.3) is 0 Å². The molecule has 0 fully saturated rings. The van der Waals surface area contributed by atoms with Crippen molar-refractivity contribution in [2.24, 2.45) is 9.98 Å². The Morgan fingerprint density at radius 2 is 1.94 bits per heavy atom. The van der Waals surface area contributed by atoms with Crippen LogP contribution in [0.5, 0.6) is 0 Å². The van der Waals surface area contributed by atoms with Crippen LogP contribution in [0.4, 0.5) is 5.69 Å². The predicted octanol–water partition coefficient (Wildman–Crippen LogP) is 0.924. The molecule has 1 atom stereocenters. The third kappa shape index (κ3) is 1.67. The molecule has 3 rings (SSSR count). The van der Waals surface area contributed by atoms with Crippen LogP contribution in [-0.2, 0) is 0 Å². The van der Waals surface area contributed by atoms with Crippen LogP contribution in [0.1, 0.15) is 17.3 Å². The van der Waals surface area contributed by atoms with Crippen molar-refractivity contribution in [3.63, 3.8) is 0 Å². The van der Waals surface area contributed by atoms with Gasteiger partial charge >= 0.3 is 0 Å². The van der Waals surface area contributed by atoms with Crippen molar-refractivity contribution in [3.8, 4) is 0 Å². The van der Waals surface area contributed by atoms with Gasteiger partial charge in [-0.05, 0) is 30.7 Å². The molecule has 0 aliphatic carbocycles. The molecule has 0 radical (unpaired) electrons. The molecule has 2 N–H and O–H groups in total. The molecule has 4 nitrogen and oxygen atoms in total. The lowest BCUT2D eigenvalue weighted by atomic mass is 10.2. The first-order chi connectivity index (χ1) is 8.24. The minimum Gasteiger partial charge on any atom is -0.398 e. The second kappa shape index (κ2) is 3.66. The zero-order valence-corrected chi connectivity index (χ0v) is 9.46. The van der Waals surface area contributed by atoms with Gasteiger partial charge in [0.05, 0.1) is 10.7 Å². The van der Waals surface area contributed by atoms with Crippen LogP contribution in [0.3, 0.4) is 0 Å². The molecule has 1 aliphatic rings. The fourth-order valence-corrected chi connectivity index (χ4v) is 1.87. The van der Waals surface area contributed by atoms with Gasteiger partial charge in [0.1, 0.15) is 0 Å². The van der Waals surface area contributed by atoms with E-state index in [1.807, 2.05) is 31.2 Å². The van der Waals surface area contributed by atoms with Gasteiger partial charge in [0, 0.05) is 23.6 Å². The lowest BCUT2D eigenvalue weighted by Gasteiger charge is -2.01. The molecule has 0 saturated carbocycles. The summed E-state index contributed by atoms with van der Waals surface area (Å²) >= 11 is 0. The van der Waals surface area contributed by atoms with E-state index in [4.69, 9.17) is 5.73 Å². The summed E-state index contributed by atoms with van der Waals surface area (Å²) in [7, 11) is 0. The van der Waals surface area contributed by atoms with Crippen molar-refractivity contribution >= 4 is 5.69 Å². The highest BCUT2D eigenvalue weighted by Gasteiger charge is 2.13. The van der Waals surface area contributed by atoms with E-state index in [0.717, 1.165) is 27.5 Å². The number of aromatic nitrogens is 1. The standard InChI is InChI=1S/C13H12N4/c1-8-5-11-12(6-10(8)14)17-13(16-11)9-3-2-4-15-7-9/h2-7,13H,14H2,1H3/t13-/m1/s1. The molecule has 2 aromatic rings. The molecule has 2 heterocycles. The Morgan fingerprint density at radius 1 is 1.18 bits per heavy atom. The van der Waals surface area contributed by atoms with Crippen LogP contribution in [0.2, 0.25) is 0 Å². The fraction of sp³-hybridized carbons (Fsp3) is 0.154. The Balaban J connectivity index is 2.13. The zero-order valence-electron chi connectivity index (χ0n) is 9.46. The normalized spacial score (nSPS) is 17.1. The second-order valence-corrected chi connectivity index (χ2v) is 4.12. The predicted molar refractivity (Wildman–Crippen MR) is 64.9 cm³/mol. The van der Waals surface area contributed by atoms with E-state index in [-0.39, 0.29) is 6.17 Å². The molecule has 84 valence electrons. The first-order valence-electron chi connectivity index (χ1n) is 5.46. The summed E-state index contributed by atoms with van der Waals surface area (Å²) in [6.45, 7) is 1.97. The Bertz CT molecular complexity index is 636. The number of rotatable bonds is 1. The molecule has 0 amide bonds. The summed E-state index contributed by atoms with van der Waals surface area (Å²) in [5, 5.41) is 1.77. The topological polar surface area (TPSA) is 63.6 Å². The summed E-state index contributed by atoms with van der Waals surface area (Å²) in [5.41, 5.74) is 8.66. The first kappa shape index (κ1) is 9.96. The number of nitrogen functional groups attached to an aromatic ring is 1. The molecule has 4 heteroatoms.